The molecule has 2 atom stereocenters. The summed E-state index contributed by atoms with van der Waals surface area (Å²) in [6.07, 6.45) is -6.28. The summed E-state index contributed by atoms with van der Waals surface area (Å²) in [4.78, 5) is 0. The summed E-state index contributed by atoms with van der Waals surface area (Å²) in [7, 11) is -0.938. The van der Waals surface area contributed by atoms with E-state index in [2.05, 4.69) is 10.2 Å². The molecule has 4 rings (SSSR count). The minimum Gasteiger partial charge on any atom is -0.493 e. The number of nitrogens with zero attached hydrogens (tertiary/aromatic N) is 3. The molecule has 0 fully saturated rings. The zero-order valence-corrected chi connectivity index (χ0v) is 20.8. The van der Waals surface area contributed by atoms with Gasteiger partial charge >= 0.3 is 6.18 Å². The molecule has 1 aliphatic rings. The van der Waals surface area contributed by atoms with E-state index in [-0.39, 0.29) is 35.1 Å². The molecule has 2 unspecified atom stereocenters. The highest BCUT2D eigenvalue weighted by Gasteiger charge is 2.43. The Bertz CT molecular complexity index is 1380. The van der Waals surface area contributed by atoms with Gasteiger partial charge in [0.15, 0.2) is 17.3 Å². The van der Waals surface area contributed by atoms with Crippen LogP contribution < -0.4 is 9.47 Å². The molecule has 194 valence electrons. The van der Waals surface area contributed by atoms with Crippen LogP contribution in [0.2, 0.25) is 5.02 Å². The molecule has 2 aromatic carbocycles. The quantitative estimate of drug-likeness (QED) is 0.399. The van der Waals surface area contributed by atoms with Gasteiger partial charge < -0.3 is 14.2 Å². The highest BCUT2D eigenvalue weighted by molar-refractivity contribution is 7.85. The number of hydrogen-bond acceptors (Lipinski definition) is 8. The van der Waals surface area contributed by atoms with Gasteiger partial charge in [-0.2, -0.15) is 21.6 Å². The molecule has 0 N–H and O–H groups in total. The fourth-order valence-electron chi connectivity index (χ4n) is 4.03. The average Bonchev–Trinajstić information content (AvgIpc) is 3.20. The van der Waals surface area contributed by atoms with Crippen molar-refractivity contribution in [3.63, 3.8) is 0 Å². The van der Waals surface area contributed by atoms with E-state index in [0.29, 0.717) is 17.1 Å². The molecule has 0 amide bonds. The summed E-state index contributed by atoms with van der Waals surface area (Å²) in [5.74, 6) is -0.765. The SMILES string of the molecule is COc1cccc(C2OC(CCOS(C)(=O)=O)c3nnc(C(F)(F)F)n3-c3ccc(Cl)cc32)c1OC. The van der Waals surface area contributed by atoms with Gasteiger partial charge in [0.25, 0.3) is 10.1 Å². The van der Waals surface area contributed by atoms with Crippen LogP contribution in [0.25, 0.3) is 5.69 Å². The maximum atomic E-state index is 14.0. The van der Waals surface area contributed by atoms with Crippen molar-refractivity contribution >= 4 is 21.7 Å². The fourth-order valence-corrected chi connectivity index (χ4v) is 4.61. The molecule has 0 radical (unpaired) electrons. The molecular formula is C22H21ClF3N3O6S. The molecule has 0 aliphatic carbocycles. The van der Waals surface area contributed by atoms with Gasteiger partial charge in [0.2, 0.25) is 5.82 Å². The number of fused-ring (bicyclic) bond motifs is 3. The molecule has 0 spiro atoms. The molecule has 14 heteroatoms. The molecule has 0 bridgehead atoms. The van der Waals surface area contributed by atoms with Crippen molar-refractivity contribution in [3.05, 3.63) is 64.2 Å². The van der Waals surface area contributed by atoms with Gasteiger partial charge in [-0.15, -0.1) is 10.2 Å². The lowest BCUT2D eigenvalue weighted by Gasteiger charge is -2.25. The van der Waals surface area contributed by atoms with Crippen LogP contribution in [0.15, 0.2) is 36.4 Å². The molecule has 1 aromatic heterocycles. The van der Waals surface area contributed by atoms with Gasteiger partial charge in [-0.1, -0.05) is 23.7 Å². The first-order chi connectivity index (χ1) is 16.9. The largest absolute Gasteiger partial charge is 0.493 e. The Morgan fingerprint density at radius 2 is 1.86 bits per heavy atom. The lowest BCUT2D eigenvalue weighted by molar-refractivity contribution is -0.146. The molecular weight excluding hydrogens is 527 g/mol. The van der Waals surface area contributed by atoms with Crippen molar-refractivity contribution in [1.29, 1.82) is 0 Å². The number of hydrogen-bond donors (Lipinski definition) is 0. The number of halogens is 4. The van der Waals surface area contributed by atoms with Gasteiger partial charge in [-0.3, -0.25) is 8.75 Å². The lowest BCUT2D eigenvalue weighted by Crippen LogP contribution is -2.17. The van der Waals surface area contributed by atoms with Gasteiger partial charge in [0, 0.05) is 22.6 Å². The van der Waals surface area contributed by atoms with E-state index in [1.807, 2.05) is 0 Å². The number of methoxy groups -OCH3 is 2. The van der Waals surface area contributed by atoms with E-state index in [1.54, 1.807) is 18.2 Å². The third-order valence-electron chi connectivity index (χ3n) is 5.44. The van der Waals surface area contributed by atoms with Crippen LogP contribution in [0.3, 0.4) is 0 Å². The van der Waals surface area contributed by atoms with Gasteiger partial charge in [0.05, 0.1) is 32.8 Å². The van der Waals surface area contributed by atoms with Crippen molar-refractivity contribution in [2.24, 2.45) is 0 Å². The van der Waals surface area contributed by atoms with E-state index in [4.69, 9.17) is 30.0 Å². The highest BCUT2D eigenvalue weighted by Crippen LogP contribution is 2.47. The van der Waals surface area contributed by atoms with Crippen LogP contribution in [0.4, 0.5) is 13.2 Å². The standard InChI is InChI=1S/C22H21ClF3N3O6S/c1-32-16-6-4-5-13(19(16)33-2)18-14-11-12(23)7-8-15(14)29-20(27-28-21(29)22(24,25)26)17(35-18)9-10-34-36(3,30)31/h4-8,11,17-18H,9-10H2,1-3H3. The van der Waals surface area contributed by atoms with Crippen molar-refractivity contribution in [2.45, 2.75) is 24.8 Å². The van der Waals surface area contributed by atoms with Gasteiger partial charge in [-0.25, -0.2) is 0 Å². The Kier molecular flexibility index (Phi) is 7.19. The van der Waals surface area contributed by atoms with Crippen molar-refractivity contribution < 1.29 is 40.0 Å². The van der Waals surface area contributed by atoms with E-state index in [9.17, 15) is 21.6 Å². The predicted molar refractivity (Wildman–Crippen MR) is 122 cm³/mol. The third-order valence-corrected chi connectivity index (χ3v) is 6.27. The Morgan fingerprint density at radius 3 is 2.50 bits per heavy atom. The van der Waals surface area contributed by atoms with Crippen molar-refractivity contribution in [1.82, 2.24) is 14.8 Å². The summed E-state index contributed by atoms with van der Waals surface area (Å²) in [6.45, 7) is -0.364. The van der Waals surface area contributed by atoms with E-state index in [1.165, 1.54) is 32.4 Å². The van der Waals surface area contributed by atoms with Gasteiger partial charge in [0.1, 0.15) is 12.2 Å². The average molecular weight is 548 g/mol. The van der Waals surface area contributed by atoms with Crippen LogP contribution in [-0.2, 0) is 25.2 Å². The zero-order chi connectivity index (χ0) is 26.3. The maximum Gasteiger partial charge on any atom is 0.452 e. The smallest absolute Gasteiger partial charge is 0.452 e. The Hall–Kier alpha value is -2.87. The van der Waals surface area contributed by atoms with Crippen molar-refractivity contribution in [3.8, 4) is 17.2 Å². The molecule has 3 aromatic rings. The number of ether oxygens (including phenoxy) is 3. The molecule has 1 aliphatic heterocycles. The normalized spacial score (nSPS) is 17.8. The Labute approximate surface area is 209 Å². The Balaban J connectivity index is 1.95. The monoisotopic (exact) mass is 547 g/mol. The highest BCUT2D eigenvalue weighted by atomic mass is 35.5. The van der Waals surface area contributed by atoms with Crippen LogP contribution in [0, 0.1) is 0 Å². The summed E-state index contributed by atoms with van der Waals surface area (Å²) in [6, 6.07) is 9.36. The summed E-state index contributed by atoms with van der Waals surface area (Å²) in [5.41, 5.74) is 0.821. The summed E-state index contributed by atoms with van der Waals surface area (Å²) in [5, 5.41) is 7.40. The molecule has 9 nitrogen and oxygen atoms in total. The number of alkyl halides is 3. The number of benzene rings is 2. The molecule has 0 saturated heterocycles. The van der Waals surface area contributed by atoms with E-state index < -0.39 is 34.3 Å². The fraction of sp³-hybridized carbons (Fsp3) is 0.364. The zero-order valence-electron chi connectivity index (χ0n) is 19.2. The second-order valence-electron chi connectivity index (χ2n) is 7.82. The van der Waals surface area contributed by atoms with Crippen molar-refractivity contribution in [2.75, 3.05) is 27.1 Å². The summed E-state index contributed by atoms with van der Waals surface area (Å²) >= 11 is 6.25. The second kappa shape index (κ2) is 9.88. The summed E-state index contributed by atoms with van der Waals surface area (Å²) < 4.78 is 87.8. The van der Waals surface area contributed by atoms with E-state index in [0.717, 1.165) is 10.8 Å². The molecule has 2 heterocycles. The minimum absolute atomic E-state index is 0.0909. The number of para-hydroxylation sites is 1. The van der Waals surface area contributed by atoms with Crippen LogP contribution in [-0.4, -0.2) is 50.3 Å². The third kappa shape index (κ3) is 5.14. The van der Waals surface area contributed by atoms with Crippen LogP contribution >= 0.6 is 11.6 Å². The topological polar surface area (TPSA) is 102 Å². The van der Waals surface area contributed by atoms with E-state index >= 15 is 0 Å². The van der Waals surface area contributed by atoms with Crippen LogP contribution in [0.5, 0.6) is 11.5 Å². The first kappa shape index (κ1) is 26.2. The lowest BCUT2D eigenvalue weighted by atomic mass is 9.98. The maximum absolute atomic E-state index is 14.0. The first-order valence-electron chi connectivity index (χ1n) is 10.5. The molecule has 36 heavy (non-hydrogen) atoms. The Morgan fingerprint density at radius 1 is 1.11 bits per heavy atom. The molecule has 0 saturated carbocycles. The number of rotatable bonds is 7. The van der Waals surface area contributed by atoms with Crippen LogP contribution in [0.1, 0.15) is 41.4 Å². The number of aromatic nitrogens is 3. The second-order valence-corrected chi connectivity index (χ2v) is 9.90. The predicted octanol–water partition coefficient (Wildman–Crippen LogP) is 4.48. The minimum atomic E-state index is -4.84. The first-order valence-corrected chi connectivity index (χ1v) is 12.7. The van der Waals surface area contributed by atoms with Gasteiger partial charge in [-0.05, 0) is 24.3 Å².